The number of amides is 1. The van der Waals surface area contributed by atoms with Crippen LogP contribution in [0.2, 0.25) is 0 Å². The molecule has 22 heavy (non-hydrogen) atoms. The normalized spacial score (nSPS) is 18.2. The minimum Gasteiger partial charge on any atom is -0.496 e. The topological polar surface area (TPSA) is 42.4 Å². The maximum absolute atomic E-state index is 12.8. The Labute approximate surface area is 134 Å². The average molecular weight is 316 g/mol. The number of nitrogens with zero attached hydrogens (tertiary/aromatic N) is 2. The minimum atomic E-state index is 0.0706. The van der Waals surface area contributed by atoms with Gasteiger partial charge in [0.2, 0.25) is 0 Å². The molecule has 1 aromatic heterocycles. The quantitative estimate of drug-likeness (QED) is 0.869. The first-order valence-electron chi connectivity index (χ1n) is 7.58. The summed E-state index contributed by atoms with van der Waals surface area (Å²) < 4.78 is 5.31. The van der Waals surface area contributed by atoms with Gasteiger partial charge in [-0.25, -0.2) is 4.98 Å². The Hall–Kier alpha value is -1.88. The molecule has 0 N–H and O–H groups in total. The summed E-state index contributed by atoms with van der Waals surface area (Å²) >= 11 is 1.69. The molecule has 2 heterocycles. The van der Waals surface area contributed by atoms with Crippen molar-refractivity contribution < 1.29 is 9.53 Å². The monoisotopic (exact) mass is 316 g/mol. The highest BCUT2D eigenvalue weighted by Crippen LogP contribution is 2.25. The van der Waals surface area contributed by atoms with Crippen LogP contribution in [-0.4, -0.2) is 36.0 Å². The van der Waals surface area contributed by atoms with Gasteiger partial charge in [-0.2, -0.15) is 0 Å². The molecular weight excluding hydrogens is 296 g/mol. The molecule has 4 nitrogen and oxygen atoms in total. The van der Waals surface area contributed by atoms with E-state index >= 15 is 0 Å². The molecule has 1 fully saturated rings. The molecular formula is C17H20N2O2S. The zero-order chi connectivity index (χ0) is 15.4. The molecule has 1 aliphatic heterocycles. The third kappa shape index (κ3) is 3.30. The number of hydrogen-bond acceptors (Lipinski definition) is 4. The Morgan fingerprint density at radius 1 is 1.45 bits per heavy atom. The second-order valence-corrected chi connectivity index (χ2v) is 6.57. The molecule has 3 rings (SSSR count). The van der Waals surface area contributed by atoms with E-state index in [1.807, 2.05) is 40.7 Å². The van der Waals surface area contributed by atoms with Gasteiger partial charge in [-0.1, -0.05) is 12.1 Å². The number of ether oxygens (including phenoxy) is 1. The van der Waals surface area contributed by atoms with Crippen LogP contribution in [0.25, 0.3) is 0 Å². The van der Waals surface area contributed by atoms with E-state index < -0.39 is 0 Å². The van der Waals surface area contributed by atoms with Crippen LogP contribution in [0.4, 0.5) is 0 Å². The van der Waals surface area contributed by atoms with E-state index in [0.717, 1.165) is 37.4 Å². The largest absolute Gasteiger partial charge is 0.496 e. The third-order valence-corrected chi connectivity index (χ3v) is 4.89. The van der Waals surface area contributed by atoms with E-state index in [1.54, 1.807) is 18.4 Å². The number of piperidine rings is 1. The first-order chi connectivity index (χ1) is 10.8. The van der Waals surface area contributed by atoms with E-state index in [9.17, 15) is 4.79 Å². The summed E-state index contributed by atoms with van der Waals surface area (Å²) in [6.45, 7) is 1.63. The Bertz CT molecular complexity index is 627. The number of carbonyl (C=O) groups is 1. The van der Waals surface area contributed by atoms with E-state index in [-0.39, 0.29) is 5.91 Å². The van der Waals surface area contributed by atoms with Gasteiger partial charge >= 0.3 is 0 Å². The first-order valence-corrected chi connectivity index (χ1v) is 8.46. The molecule has 2 aromatic rings. The van der Waals surface area contributed by atoms with Crippen molar-refractivity contribution in [1.29, 1.82) is 0 Å². The van der Waals surface area contributed by atoms with Crippen LogP contribution in [0.3, 0.4) is 0 Å². The van der Waals surface area contributed by atoms with Gasteiger partial charge in [0.15, 0.2) is 0 Å². The molecule has 0 aliphatic carbocycles. The lowest BCUT2D eigenvalue weighted by atomic mass is 9.94. The number of carbonyl (C=O) groups excluding carboxylic acids is 1. The van der Waals surface area contributed by atoms with Crippen LogP contribution >= 0.6 is 11.3 Å². The number of methoxy groups -OCH3 is 1. The van der Waals surface area contributed by atoms with Gasteiger partial charge in [0, 0.05) is 31.1 Å². The molecule has 1 unspecified atom stereocenters. The second-order valence-electron chi connectivity index (χ2n) is 5.59. The Morgan fingerprint density at radius 3 is 3.09 bits per heavy atom. The fraction of sp³-hybridized carbons (Fsp3) is 0.412. The van der Waals surface area contributed by atoms with Gasteiger partial charge in [0.1, 0.15) is 5.75 Å². The number of thiazole rings is 1. The van der Waals surface area contributed by atoms with Crippen molar-refractivity contribution >= 4 is 17.2 Å². The smallest absolute Gasteiger partial charge is 0.257 e. The first kappa shape index (κ1) is 15.0. The van der Waals surface area contributed by atoms with Crippen LogP contribution in [0.15, 0.2) is 35.8 Å². The summed E-state index contributed by atoms with van der Waals surface area (Å²) in [6, 6.07) is 7.44. The zero-order valence-corrected chi connectivity index (χ0v) is 13.5. The maximum atomic E-state index is 12.8. The van der Waals surface area contributed by atoms with E-state index in [4.69, 9.17) is 4.74 Å². The van der Waals surface area contributed by atoms with Crippen molar-refractivity contribution in [3.8, 4) is 5.75 Å². The predicted octanol–water partition coefficient (Wildman–Crippen LogP) is 3.25. The molecule has 5 heteroatoms. The van der Waals surface area contributed by atoms with Crippen molar-refractivity contribution in [1.82, 2.24) is 9.88 Å². The summed E-state index contributed by atoms with van der Waals surface area (Å²) in [4.78, 5) is 19.1. The Kier molecular flexibility index (Phi) is 4.73. The van der Waals surface area contributed by atoms with Crippen molar-refractivity contribution in [2.24, 2.45) is 5.92 Å². The molecule has 1 aliphatic rings. The number of rotatable bonds is 4. The molecule has 1 saturated heterocycles. The highest BCUT2D eigenvalue weighted by molar-refractivity contribution is 7.09. The lowest BCUT2D eigenvalue weighted by Crippen LogP contribution is -2.40. The number of hydrogen-bond donors (Lipinski definition) is 0. The molecule has 1 aromatic carbocycles. The highest BCUT2D eigenvalue weighted by Gasteiger charge is 2.26. The number of para-hydroxylation sites is 1. The van der Waals surface area contributed by atoms with Crippen LogP contribution in [0.1, 0.15) is 28.2 Å². The Morgan fingerprint density at radius 2 is 2.32 bits per heavy atom. The van der Waals surface area contributed by atoms with Gasteiger partial charge < -0.3 is 9.64 Å². The summed E-state index contributed by atoms with van der Waals surface area (Å²) in [5, 5.41) is 3.17. The lowest BCUT2D eigenvalue weighted by molar-refractivity contribution is 0.0670. The van der Waals surface area contributed by atoms with Crippen molar-refractivity contribution in [2.45, 2.75) is 19.3 Å². The number of aromatic nitrogens is 1. The SMILES string of the molecule is COc1ccccc1C(=O)N1CCCC(Cc2nccs2)C1. The van der Waals surface area contributed by atoms with Crippen molar-refractivity contribution in [3.05, 3.63) is 46.4 Å². The molecule has 0 bridgehead atoms. The van der Waals surface area contributed by atoms with Gasteiger partial charge in [0.25, 0.3) is 5.91 Å². The van der Waals surface area contributed by atoms with Crippen LogP contribution < -0.4 is 4.74 Å². The van der Waals surface area contributed by atoms with Gasteiger partial charge in [0.05, 0.1) is 17.7 Å². The van der Waals surface area contributed by atoms with Crippen molar-refractivity contribution in [2.75, 3.05) is 20.2 Å². The lowest BCUT2D eigenvalue weighted by Gasteiger charge is -2.32. The van der Waals surface area contributed by atoms with Crippen LogP contribution in [-0.2, 0) is 6.42 Å². The fourth-order valence-corrected chi connectivity index (χ4v) is 3.74. The van der Waals surface area contributed by atoms with Gasteiger partial charge in [-0.15, -0.1) is 11.3 Å². The Balaban J connectivity index is 1.70. The van der Waals surface area contributed by atoms with Crippen LogP contribution in [0.5, 0.6) is 5.75 Å². The third-order valence-electron chi connectivity index (χ3n) is 4.09. The van der Waals surface area contributed by atoms with Gasteiger partial charge in [-0.05, 0) is 30.9 Å². The molecule has 1 amide bonds. The van der Waals surface area contributed by atoms with Crippen molar-refractivity contribution in [3.63, 3.8) is 0 Å². The minimum absolute atomic E-state index is 0.0706. The van der Waals surface area contributed by atoms with E-state index in [1.165, 1.54) is 0 Å². The predicted molar refractivity (Wildman–Crippen MR) is 87.4 cm³/mol. The molecule has 0 radical (unpaired) electrons. The molecule has 1 atom stereocenters. The molecule has 0 spiro atoms. The number of likely N-dealkylation sites (tertiary alicyclic amines) is 1. The van der Waals surface area contributed by atoms with E-state index in [2.05, 4.69) is 4.98 Å². The second kappa shape index (κ2) is 6.92. The fourth-order valence-electron chi connectivity index (χ4n) is 3.01. The maximum Gasteiger partial charge on any atom is 0.257 e. The standard InChI is InChI=1S/C17H20N2O2S/c1-21-15-7-3-2-6-14(15)17(20)19-9-4-5-13(12-19)11-16-18-8-10-22-16/h2-3,6-8,10,13H,4-5,9,11-12H2,1H3. The van der Waals surface area contributed by atoms with Crippen LogP contribution in [0, 0.1) is 5.92 Å². The zero-order valence-electron chi connectivity index (χ0n) is 12.7. The number of benzene rings is 1. The highest BCUT2D eigenvalue weighted by atomic mass is 32.1. The average Bonchev–Trinajstić information content (AvgIpc) is 3.07. The summed E-state index contributed by atoms with van der Waals surface area (Å²) in [6.07, 6.45) is 5.03. The summed E-state index contributed by atoms with van der Waals surface area (Å²) in [7, 11) is 1.60. The molecule has 116 valence electrons. The van der Waals surface area contributed by atoms with Gasteiger partial charge in [-0.3, -0.25) is 4.79 Å². The van der Waals surface area contributed by atoms with E-state index in [0.29, 0.717) is 17.2 Å². The summed E-state index contributed by atoms with van der Waals surface area (Å²) in [5.41, 5.74) is 0.653. The molecule has 0 saturated carbocycles. The summed E-state index contributed by atoms with van der Waals surface area (Å²) in [5.74, 6) is 1.22.